The Morgan fingerprint density at radius 3 is 2.92 bits per heavy atom. The number of rotatable bonds is 4. The minimum absolute atomic E-state index is 0.544. The normalized spacial score (nSPS) is 11.1. The highest BCUT2D eigenvalue weighted by atomic mass is 35.5. The van der Waals surface area contributed by atoms with Gasteiger partial charge in [-0.25, -0.2) is 14.3 Å². The molecule has 2 aromatic carbocycles. The molecule has 0 amide bonds. The molecule has 4 aromatic rings. The maximum absolute atomic E-state index is 6.13. The highest BCUT2D eigenvalue weighted by molar-refractivity contribution is 6.30. The molecule has 0 spiro atoms. The van der Waals surface area contributed by atoms with E-state index in [1.165, 1.54) is 6.33 Å². The van der Waals surface area contributed by atoms with E-state index in [-0.39, 0.29) is 0 Å². The largest absolute Gasteiger partial charge is 0.457 e. The van der Waals surface area contributed by atoms with Crippen molar-refractivity contribution in [1.82, 2.24) is 29.8 Å². The minimum Gasteiger partial charge on any atom is -0.457 e. The van der Waals surface area contributed by atoms with Crippen molar-refractivity contribution < 1.29 is 4.74 Å². The van der Waals surface area contributed by atoms with Gasteiger partial charge in [0.1, 0.15) is 29.7 Å². The average molecular weight is 341 g/mol. The summed E-state index contributed by atoms with van der Waals surface area (Å²) in [6.45, 7) is 0.544. The van der Waals surface area contributed by atoms with Crippen molar-refractivity contribution in [2.24, 2.45) is 7.05 Å². The van der Waals surface area contributed by atoms with E-state index in [0.717, 1.165) is 16.6 Å². The second-order valence-corrected chi connectivity index (χ2v) is 5.75. The Balaban J connectivity index is 1.69. The third-order valence-corrected chi connectivity index (χ3v) is 3.87. The fourth-order valence-electron chi connectivity index (χ4n) is 2.44. The molecule has 0 fully saturated rings. The first-order chi connectivity index (χ1) is 11.7. The molecule has 2 heterocycles. The Labute approximate surface area is 142 Å². The van der Waals surface area contributed by atoms with E-state index >= 15 is 0 Å². The maximum atomic E-state index is 6.13. The van der Waals surface area contributed by atoms with E-state index in [0.29, 0.717) is 23.1 Å². The Bertz CT molecular complexity index is 995. The molecule has 0 saturated heterocycles. The first-order valence-corrected chi connectivity index (χ1v) is 7.65. The van der Waals surface area contributed by atoms with Gasteiger partial charge in [0.2, 0.25) is 0 Å². The summed E-state index contributed by atoms with van der Waals surface area (Å²) in [5.74, 6) is 1.36. The lowest BCUT2D eigenvalue weighted by Crippen LogP contribution is -2.02. The Hall–Kier alpha value is -2.93. The molecule has 0 atom stereocenters. The first-order valence-electron chi connectivity index (χ1n) is 7.27. The molecule has 4 rings (SSSR count). The molecule has 0 bridgehead atoms. The third-order valence-electron chi connectivity index (χ3n) is 3.64. The lowest BCUT2D eigenvalue weighted by Gasteiger charge is -2.12. The van der Waals surface area contributed by atoms with Crippen LogP contribution in [0.15, 0.2) is 49.1 Å². The molecule has 8 heteroatoms. The number of aryl methyl sites for hydroxylation is 1. The van der Waals surface area contributed by atoms with Gasteiger partial charge in [-0.3, -0.25) is 0 Å². The number of hydrogen-bond donors (Lipinski definition) is 0. The second kappa shape index (κ2) is 5.93. The van der Waals surface area contributed by atoms with Crippen LogP contribution in [-0.2, 0) is 13.6 Å². The van der Waals surface area contributed by atoms with Gasteiger partial charge in [0, 0.05) is 23.7 Å². The van der Waals surface area contributed by atoms with Gasteiger partial charge < -0.3 is 4.74 Å². The quantitative estimate of drug-likeness (QED) is 0.571. The van der Waals surface area contributed by atoms with Crippen molar-refractivity contribution in [3.63, 3.8) is 0 Å². The highest BCUT2D eigenvalue weighted by Crippen LogP contribution is 2.30. The number of hydrogen-bond acceptors (Lipinski definition) is 5. The van der Waals surface area contributed by atoms with E-state index in [4.69, 9.17) is 16.3 Å². The van der Waals surface area contributed by atoms with Crippen molar-refractivity contribution in [2.75, 3.05) is 0 Å². The summed E-state index contributed by atoms with van der Waals surface area (Å²) >= 11 is 6.13. The Morgan fingerprint density at radius 2 is 2.08 bits per heavy atom. The van der Waals surface area contributed by atoms with Gasteiger partial charge in [-0.1, -0.05) is 22.9 Å². The van der Waals surface area contributed by atoms with Crippen LogP contribution in [0.1, 0.15) is 5.56 Å². The third kappa shape index (κ3) is 2.81. The van der Waals surface area contributed by atoms with E-state index in [1.54, 1.807) is 21.8 Å². The van der Waals surface area contributed by atoms with Gasteiger partial charge in [0.25, 0.3) is 0 Å². The van der Waals surface area contributed by atoms with Crippen molar-refractivity contribution in [3.05, 3.63) is 59.6 Å². The van der Waals surface area contributed by atoms with E-state index in [1.807, 2.05) is 37.4 Å². The van der Waals surface area contributed by atoms with Gasteiger partial charge in [-0.15, -0.1) is 5.10 Å². The zero-order valence-electron chi connectivity index (χ0n) is 12.8. The van der Waals surface area contributed by atoms with Crippen LogP contribution in [0, 0.1) is 0 Å². The summed E-state index contributed by atoms with van der Waals surface area (Å²) in [4.78, 5) is 3.96. The van der Waals surface area contributed by atoms with Crippen molar-refractivity contribution in [3.8, 4) is 11.5 Å². The monoisotopic (exact) mass is 340 g/mol. The molecule has 24 heavy (non-hydrogen) atoms. The first kappa shape index (κ1) is 14.6. The van der Waals surface area contributed by atoms with Crippen LogP contribution < -0.4 is 4.74 Å². The van der Waals surface area contributed by atoms with Crippen LogP contribution in [0.25, 0.3) is 11.0 Å². The predicted molar refractivity (Wildman–Crippen MR) is 89.2 cm³/mol. The predicted octanol–water partition coefficient (Wildman–Crippen LogP) is 3.05. The molecule has 2 aromatic heterocycles. The van der Waals surface area contributed by atoms with Crippen LogP contribution in [0.4, 0.5) is 0 Å². The maximum Gasteiger partial charge on any atom is 0.137 e. The van der Waals surface area contributed by atoms with Gasteiger partial charge >= 0.3 is 0 Å². The summed E-state index contributed by atoms with van der Waals surface area (Å²) in [5.41, 5.74) is 2.67. The molecule has 0 aliphatic rings. The summed E-state index contributed by atoms with van der Waals surface area (Å²) in [6.07, 6.45) is 3.16. The molecule has 0 saturated carbocycles. The number of benzene rings is 2. The zero-order valence-corrected chi connectivity index (χ0v) is 13.6. The molecular formula is C16H13ClN6O. The number of halogens is 1. The van der Waals surface area contributed by atoms with E-state index in [2.05, 4.69) is 20.4 Å². The Morgan fingerprint density at radius 1 is 1.17 bits per heavy atom. The summed E-state index contributed by atoms with van der Waals surface area (Å²) in [7, 11) is 1.84. The van der Waals surface area contributed by atoms with Crippen LogP contribution in [0.5, 0.6) is 11.5 Å². The van der Waals surface area contributed by atoms with Crippen LogP contribution in [0.2, 0.25) is 5.02 Å². The highest BCUT2D eigenvalue weighted by Gasteiger charge is 2.09. The molecule has 0 unspecified atom stereocenters. The smallest absolute Gasteiger partial charge is 0.137 e. The molecular weight excluding hydrogens is 328 g/mol. The Kier molecular flexibility index (Phi) is 3.62. The van der Waals surface area contributed by atoms with E-state index in [9.17, 15) is 0 Å². The van der Waals surface area contributed by atoms with Gasteiger partial charge in [-0.2, -0.15) is 5.10 Å². The van der Waals surface area contributed by atoms with Crippen LogP contribution in [0.3, 0.4) is 0 Å². The standard InChI is InChI=1S/C16H13ClN6O/c1-22-15-7-13(4-5-14(15)20-21-22)24-16-6-12(17)3-2-11(16)8-23-10-18-9-19-23/h2-7,9-10H,8H2,1H3. The summed E-state index contributed by atoms with van der Waals surface area (Å²) in [6, 6.07) is 11.2. The molecule has 0 radical (unpaired) electrons. The van der Waals surface area contributed by atoms with E-state index < -0.39 is 0 Å². The molecule has 120 valence electrons. The summed E-state index contributed by atoms with van der Waals surface area (Å²) in [5, 5.41) is 12.8. The van der Waals surface area contributed by atoms with Gasteiger partial charge in [0.15, 0.2) is 0 Å². The zero-order chi connectivity index (χ0) is 16.5. The lowest BCUT2D eigenvalue weighted by molar-refractivity contribution is 0.472. The second-order valence-electron chi connectivity index (χ2n) is 5.31. The van der Waals surface area contributed by atoms with Crippen molar-refractivity contribution in [2.45, 2.75) is 6.54 Å². The van der Waals surface area contributed by atoms with Crippen molar-refractivity contribution in [1.29, 1.82) is 0 Å². The molecule has 0 aliphatic carbocycles. The number of ether oxygens (including phenoxy) is 1. The van der Waals surface area contributed by atoms with Gasteiger partial charge in [0.05, 0.1) is 12.1 Å². The van der Waals surface area contributed by atoms with Crippen molar-refractivity contribution >= 4 is 22.6 Å². The topological polar surface area (TPSA) is 70.7 Å². The fraction of sp³-hybridized carbons (Fsp3) is 0.125. The van der Waals surface area contributed by atoms with Crippen LogP contribution in [-0.4, -0.2) is 29.8 Å². The summed E-state index contributed by atoms with van der Waals surface area (Å²) < 4.78 is 9.49. The molecule has 7 nitrogen and oxygen atoms in total. The van der Waals surface area contributed by atoms with Crippen LogP contribution >= 0.6 is 11.6 Å². The number of nitrogens with zero attached hydrogens (tertiary/aromatic N) is 6. The lowest BCUT2D eigenvalue weighted by atomic mass is 10.2. The molecule has 0 N–H and O–H groups in total. The number of fused-ring (bicyclic) bond motifs is 1. The van der Waals surface area contributed by atoms with Gasteiger partial charge in [-0.05, 0) is 24.3 Å². The fourth-order valence-corrected chi connectivity index (χ4v) is 2.61. The average Bonchev–Trinajstić information content (AvgIpc) is 3.21. The minimum atomic E-state index is 0.544. The number of aromatic nitrogens is 6. The molecule has 0 aliphatic heterocycles. The SMILES string of the molecule is Cn1nnc2ccc(Oc3cc(Cl)ccc3Cn3cncn3)cc21.